The summed E-state index contributed by atoms with van der Waals surface area (Å²) in [4.78, 5) is 0. The summed E-state index contributed by atoms with van der Waals surface area (Å²) in [5.41, 5.74) is 9.32. The standard InChI is InChI=1S/C19H31N3OSi/c1-18(2,3)13-10-9-11-14(17(13)23-24(7)8)22-16(20)12-15(21-22)19(4,5)6/h9-12,24H,20H2,1-8H3. The maximum Gasteiger partial charge on any atom is 0.229 e. The highest BCUT2D eigenvalue weighted by molar-refractivity contribution is 6.49. The van der Waals surface area contributed by atoms with Gasteiger partial charge in [-0.3, -0.25) is 0 Å². The Morgan fingerprint density at radius 2 is 1.67 bits per heavy atom. The zero-order valence-corrected chi connectivity index (χ0v) is 17.4. The van der Waals surface area contributed by atoms with Crippen molar-refractivity contribution in [2.45, 2.75) is 65.5 Å². The van der Waals surface area contributed by atoms with Crippen LogP contribution in [0, 0.1) is 0 Å². The summed E-state index contributed by atoms with van der Waals surface area (Å²) in [5.74, 6) is 1.56. The second-order valence-corrected chi connectivity index (χ2v) is 11.0. The Morgan fingerprint density at radius 3 is 2.12 bits per heavy atom. The van der Waals surface area contributed by atoms with E-state index in [1.54, 1.807) is 0 Å². The van der Waals surface area contributed by atoms with E-state index in [0.717, 1.165) is 17.1 Å². The molecule has 0 saturated carbocycles. The van der Waals surface area contributed by atoms with E-state index in [2.05, 4.69) is 66.8 Å². The monoisotopic (exact) mass is 345 g/mol. The van der Waals surface area contributed by atoms with Crippen LogP contribution in [-0.2, 0) is 10.8 Å². The smallest absolute Gasteiger partial charge is 0.229 e. The Bertz CT molecular complexity index is 721. The summed E-state index contributed by atoms with van der Waals surface area (Å²) in [7, 11) is -1.27. The first-order chi connectivity index (χ1) is 10.9. The number of hydrogen-bond donors (Lipinski definition) is 1. The van der Waals surface area contributed by atoms with Crippen LogP contribution < -0.4 is 10.2 Å². The van der Waals surface area contributed by atoms with Crippen LogP contribution in [0.15, 0.2) is 24.3 Å². The molecular weight excluding hydrogens is 314 g/mol. The predicted molar refractivity (Wildman–Crippen MR) is 105 cm³/mol. The molecule has 5 heteroatoms. The zero-order chi connectivity index (χ0) is 18.3. The number of rotatable bonds is 3. The van der Waals surface area contributed by atoms with Gasteiger partial charge < -0.3 is 10.2 Å². The number of hydrogen-bond acceptors (Lipinski definition) is 3. The third-order valence-corrected chi connectivity index (χ3v) is 4.60. The van der Waals surface area contributed by atoms with E-state index in [1.165, 1.54) is 5.56 Å². The Hall–Kier alpha value is -1.75. The van der Waals surface area contributed by atoms with Gasteiger partial charge in [-0.05, 0) is 24.6 Å². The van der Waals surface area contributed by atoms with Crippen LogP contribution >= 0.6 is 0 Å². The van der Waals surface area contributed by atoms with Gasteiger partial charge in [0.1, 0.15) is 17.3 Å². The van der Waals surface area contributed by atoms with Gasteiger partial charge in [0, 0.05) is 17.0 Å². The molecule has 0 spiro atoms. The number of nitrogen functional groups attached to an aromatic ring is 1. The molecular formula is C19H31N3OSi. The van der Waals surface area contributed by atoms with Gasteiger partial charge in [-0.25, -0.2) is 4.68 Å². The number of nitrogens with two attached hydrogens (primary N) is 1. The van der Waals surface area contributed by atoms with Gasteiger partial charge in [-0.1, -0.05) is 53.7 Å². The molecule has 0 saturated heterocycles. The fraction of sp³-hybridized carbons (Fsp3) is 0.526. The highest BCUT2D eigenvalue weighted by Gasteiger charge is 2.25. The van der Waals surface area contributed by atoms with Gasteiger partial charge in [0.15, 0.2) is 0 Å². The molecule has 0 amide bonds. The van der Waals surface area contributed by atoms with E-state index in [9.17, 15) is 0 Å². The lowest BCUT2D eigenvalue weighted by atomic mass is 9.86. The topological polar surface area (TPSA) is 53.1 Å². The minimum Gasteiger partial charge on any atom is -0.545 e. The molecule has 0 fully saturated rings. The first-order valence-electron chi connectivity index (χ1n) is 8.58. The van der Waals surface area contributed by atoms with E-state index in [-0.39, 0.29) is 10.8 Å². The van der Waals surface area contributed by atoms with Crippen LogP contribution in [-0.4, -0.2) is 18.8 Å². The number of benzene rings is 1. The summed E-state index contributed by atoms with van der Waals surface area (Å²) in [6.45, 7) is 17.4. The quantitative estimate of drug-likeness (QED) is 0.838. The Balaban J connectivity index is 2.69. The van der Waals surface area contributed by atoms with Crippen molar-refractivity contribution >= 4 is 14.9 Å². The van der Waals surface area contributed by atoms with Crippen molar-refractivity contribution in [3.05, 3.63) is 35.5 Å². The normalized spacial score (nSPS) is 12.7. The van der Waals surface area contributed by atoms with Gasteiger partial charge in [-0.15, -0.1) is 0 Å². The summed E-state index contributed by atoms with van der Waals surface area (Å²) in [6, 6.07) is 8.19. The molecule has 0 aliphatic carbocycles. The molecule has 0 unspecified atom stereocenters. The van der Waals surface area contributed by atoms with Gasteiger partial charge in [0.25, 0.3) is 0 Å². The Kier molecular flexibility index (Phi) is 4.86. The Morgan fingerprint density at radius 1 is 1.04 bits per heavy atom. The molecule has 1 aromatic carbocycles. The number of anilines is 1. The average Bonchev–Trinajstić information content (AvgIpc) is 2.79. The summed E-state index contributed by atoms with van der Waals surface area (Å²) >= 11 is 0. The van der Waals surface area contributed by atoms with Crippen LogP contribution in [0.5, 0.6) is 5.75 Å². The van der Waals surface area contributed by atoms with Crippen molar-refractivity contribution in [1.82, 2.24) is 9.78 Å². The van der Waals surface area contributed by atoms with E-state index in [1.807, 2.05) is 16.8 Å². The minimum absolute atomic E-state index is 0.0105. The predicted octanol–water partition coefficient (Wildman–Crippen LogP) is 4.41. The van der Waals surface area contributed by atoms with E-state index < -0.39 is 9.04 Å². The molecule has 4 nitrogen and oxygen atoms in total. The highest BCUT2D eigenvalue weighted by atomic mass is 28.3. The lowest BCUT2D eigenvalue weighted by Gasteiger charge is -2.26. The van der Waals surface area contributed by atoms with E-state index >= 15 is 0 Å². The summed E-state index contributed by atoms with van der Waals surface area (Å²) < 4.78 is 8.15. The summed E-state index contributed by atoms with van der Waals surface area (Å²) in [5, 5.41) is 4.77. The number of aromatic nitrogens is 2. The third kappa shape index (κ3) is 3.83. The second kappa shape index (κ2) is 6.28. The second-order valence-electron chi connectivity index (χ2n) is 8.69. The number of para-hydroxylation sites is 1. The molecule has 2 aromatic rings. The van der Waals surface area contributed by atoms with Gasteiger partial charge in [0.05, 0.1) is 5.69 Å². The van der Waals surface area contributed by atoms with Gasteiger partial charge in [0.2, 0.25) is 9.04 Å². The molecule has 1 aromatic heterocycles. The lowest BCUT2D eigenvalue weighted by molar-refractivity contribution is 0.514. The SMILES string of the molecule is C[SiH](C)Oc1c(-n2nc(C(C)(C)C)cc2N)cccc1C(C)(C)C. The van der Waals surface area contributed by atoms with Crippen molar-refractivity contribution in [2.24, 2.45) is 0 Å². The first kappa shape index (κ1) is 18.6. The number of nitrogens with zero attached hydrogens (tertiary/aromatic N) is 2. The fourth-order valence-corrected chi connectivity index (χ4v) is 3.32. The maximum absolute atomic E-state index is 6.33. The fourth-order valence-electron chi connectivity index (χ4n) is 2.60. The zero-order valence-electron chi connectivity index (χ0n) is 16.3. The van der Waals surface area contributed by atoms with E-state index in [0.29, 0.717) is 5.82 Å². The van der Waals surface area contributed by atoms with Crippen LogP contribution in [0.3, 0.4) is 0 Å². The molecule has 0 aliphatic rings. The van der Waals surface area contributed by atoms with Crippen LogP contribution in [0.2, 0.25) is 13.1 Å². The molecule has 0 atom stereocenters. The minimum atomic E-state index is -1.27. The molecule has 0 bridgehead atoms. The molecule has 1 heterocycles. The summed E-state index contributed by atoms with van der Waals surface area (Å²) in [6.07, 6.45) is 0. The van der Waals surface area contributed by atoms with Crippen LogP contribution in [0.1, 0.15) is 52.8 Å². The average molecular weight is 346 g/mol. The molecule has 132 valence electrons. The van der Waals surface area contributed by atoms with Crippen molar-refractivity contribution in [1.29, 1.82) is 0 Å². The molecule has 2 rings (SSSR count). The lowest BCUT2D eigenvalue weighted by Crippen LogP contribution is -2.20. The van der Waals surface area contributed by atoms with Crippen molar-refractivity contribution in [2.75, 3.05) is 5.73 Å². The van der Waals surface area contributed by atoms with Crippen molar-refractivity contribution in [3.8, 4) is 11.4 Å². The molecule has 24 heavy (non-hydrogen) atoms. The van der Waals surface area contributed by atoms with Crippen LogP contribution in [0.25, 0.3) is 5.69 Å². The molecule has 0 aliphatic heterocycles. The molecule has 0 radical (unpaired) electrons. The van der Waals surface area contributed by atoms with Crippen molar-refractivity contribution in [3.63, 3.8) is 0 Å². The third-order valence-electron chi connectivity index (χ3n) is 3.89. The Labute approximate surface area is 147 Å². The largest absolute Gasteiger partial charge is 0.545 e. The van der Waals surface area contributed by atoms with Crippen LogP contribution in [0.4, 0.5) is 5.82 Å². The van der Waals surface area contributed by atoms with Crippen molar-refractivity contribution < 1.29 is 4.43 Å². The molecule has 2 N–H and O–H groups in total. The van der Waals surface area contributed by atoms with Gasteiger partial charge >= 0.3 is 0 Å². The van der Waals surface area contributed by atoms with Gasteiger partial charge in [-0.2, -0.15) is 5.10 Å². The first-order valence-corrected chi connectivity index (χ1v) is 11.4. The highest BCUT2D eigenvalue weighted by Crippen LogP contribution is 2.37. The maximum atomic E-state index is 6.33. The van der Waals surface area contributed by atoms with E-state index in [4.69, 9.17) is 15.3 Å².